The highest BCUT2D eigenvalue weighted by Gasteiger charge is 2.46. The molecule has 0 aliphatic carbocycles. The Morgan fingerprint density at radius 1 is 1.32 bits per heavy atom. The van der Waals surface area contributed by atoms with Crippen molar-refractivity contribution in [3.63, 3.8) is 0 Å². The Labute approximate surface area is 132 Å². The molecule has 4 nitrogen and oxygen atoms in total. The maximum absolute atomic E-state index is 11.3. The van der Waals surface area contributed by atoms with Crippen molar-refractivity contribution < 1.29 is 19.0 Å². The van der Waals surface area contributed by atoms with Crippen LogP contribution in [0, 0.1) is 0 Å². The molecular formula is C18H24O4. The van der Waals surface area contributed by atoms with Gasteiger partial charge in [-0.2, -0.15) is 0 Å². The minimum atomic E-state index is -0.340. The Bertz CT molecular complexity index is 543. The maximum atomic E-state index is 11.3. The molecule has 1 aromatic rings. The number of ether oxygens (including phenoxy) is 3. The smallest absolute Gasteiger partial charge is 0.337 e. The van der Waals surface area contributed by atoms with Crippen LogP contribution in [-0.2, 0) is 9.47 Å². The third kappa shape index (κ3) is 4.60. The number of carbonyl (C=O) groups excluding carboxylic acids is 1. The number of allylic oxidation sites excluding steroid dienone is 1. The molecule has 1 heterocycles. The van der Waals surface area contributed by atoms with Crippen LogP contribution in [-0.4, -0.2) is 31.4 Å². The highest BCUT2D eigenvalue weighted by Crippen LogP contribution is 2.38. The molecule has 1 unspecified atom stereocenters. The largest absolute Gasteiger partial charge is 0.490 e. The number of epoxide rings is 1. The van der Waals surface area contributed by atoms with Crippen LogP contribution in [0.25, 0.3) is 0 Å². The van der Waals surface area contributed by atoms with Crippen molar-refractivity contribution in [1.82, 2.24) is 0 Å². The first-order valence-electron chi connectivity index (χ1n) is 7.57. The van der Waals surface area contributed by atoms with Crippen molar-refractivity contribution in [2.45, 2.75) is 45.3 Å². The van der Waals surface area contributed by atoms with E-state index < -0.39 is 0 Å². The minimum Gasteiger partial charge on any atom is -0.490 e. The van der Waals surface area contributed by atoms with E-state index in [2.05, 4.69) is 31.6 Å². The molecule has 0 spiro atoms. The molecule has 1 fully saturated rings. The predicted molar refractivity (Wildman–Crippen MR) is 85.2 cm³/mol. The van der Waals surface area contributed by atoms with E-state index in [1.165, 1.54) is 12.7 Å². The van der Waals surface area contributed by atoms with Crippen molar-refractivity contribution >= 4 is 5.97 Å². The van der Waals surface area contributed by atoms with Gasteiger partial charge in [0.15, 0.2) is 0 Å². The van der Waals surface area contributed by atoms with Crippen LogP contribution in [0.5, 0.6) is 5.75 Å². The van der Waals surface area contributed by atoms with Crippen LogP contribution in [0.15, 0.2) is 35.9 Å². The summed E-state index contributed by atoms with van der Waals surface area (Å²) in [5.74, 6) is 0.399. The summed E-state index contributed by atoms with van der Waals surface area (Å²) in [6.07, 6.45) is 4.56. The zero-order valence-corrected chi connectivity index (χ0v) is 13.7. The number of esters is 1. The van der Waals surface area contributed by atoms with Crippen molar-refractivity contribution in [2.75, 3.05) is 13.7 Å². The molecule has 120 valence electrons. The summed E-state index contributed by atoms with van der Waals surface area (Å²) >= 11 is 0. The Balaban J connectivity index is 1.73. The topological polar surface area (TPSA) is 48.1 Å². The fourth-order valence-corrected chi connectivity index (χ4v) is 2.29. The Hall–Kier alpha value is -1.81. The van der Waals surface area contributed by atoms with Gasteiger partial charge in [0, 0.05) is 0 Å². The monoisotopic (exact) mass is 304 g/mol. The second-order valence-corrected chi connectivity index (χ2v) is 6.13. The molecular weight excluding hydrogens is 280 g/mol. The molecule has 1 aliphatic rings. The quantitative estimate of drug-likeness (QED) is 0.437. The average Bonchev–Trinajstić information content (AvgIpc) is 3.12. The van der Waals surface area contributed by atoms with Gasteiger partial charge in [-0.25, -0.2) is 4.79 Å². The lowest BCUT2D eigenvalue weighted by molar-refractivity contribution is 0.0600. The van der Waals surface area contributed by atoms with Gasteiger partial charge < -0.3 is 14.2 Å². The summed E-state index contributed by atoms with van der Waals surface area (Å²) < 4.78 is 15.9. The van der Waals surface area contributed by atoms with Gasteiger partial charge >= 0.3 is 5.97 Å². The second-order valence-electron chi connectivity index (χ2n) is 6.13. The molecule has 22 heavy (non-hydrogen) atoms. The van der Waals surface area contributed by atoms with E-state index in [9.17, 15) is 4.79 Å². The Kier molecular flexibility index (Phi) is 5.24. The van der Waals surface area contributed by atoms with Gasteiger partial charge in [0.25, 0.3) is 0 Å². The SMILES string of the molecule is COC(=O)c1ccc(OCC=C(C)CCC2OC2(C)C)cc1. The van der Waals surface area contributed by atoms with Crippen molar-refractivity contribution in [2.24, 2.45) is 0 Å². The third-order valence-corrected chi connectivity index (χ3v) is 3.92. The first-order chi connectivity index (χ1) is 10.4. The molecule has 0 aromatic heterocycles. The molecule has 1 aliphatic heterocycles. The van der Waals surface area contributed by atoms with E-state index in [4.69, 9.17) is 9.47 Å². The maximum Gasteiger partial charge on any atom is 0.337 e. The van der Waals surface area contributed by atoms with Crippen LogP contribution < -0.4 is 4.74 Å². The van der Waals surface area contributed by atoms with Gasteiger partial charge in [-0.3, -0.25) is 0 Å². The first-order valence-corrected chi connectivity index (χ1v) is 7.57. The van der Waals surface area contributed by atoms with E-state index in [-0.39, 0.29) is 11.6 Å². The van der Waals surface area contributed by atoms with Gasteiger partial charge in [0.05, 0.1) is 24.4 Å². The number of hydrogen-bond donors (Lipinski definition) is 0. The van der Waals surface area contributed by atoms with Crippen LogP contribution >= 0.6 is 0 Å². The number of methoxy groups -OCH3 is 1. The molecule has 4 heteroatoms. The molecule has 0 amide bonds. The number of carbonyl (C=O) groups is 1. The van der Waals surface area contributed by atoms with Gasteiger partial charge in [-0.15, -0.1) is 0 Å². The van der Waals surface area contributed by atoms with E-state index >= 15 is 0 Å². The lowest BCUT2D eigenvalue weighted by Crippen LogP contribution is -2.03. The summed E-state index contributed by atoms with van der Waals surface area (Å²) in [6, 6.07) is 6.94. The fraction of sp³-hybridized carbons (Fsp3) is 0.500. The summed E-state index contributed by atoms with van der Waals surface area (Å²) in [5, 5.41) is 0. The van der Waals surface area contributed by atoms with Crippen molar-refractivity contribution in [3.05, 3.63) is 41.5 Å². The molecule has 1 aromatic carbocycles. The zero-order chi connectivity index (χ0) is 16.2. The lowest BCUT2D eigenvalue weighted by Gasteiger charge is -2.06. The van der Waals surface area contributed by atoms with Crippen LogP contribution in [0.4, 0.5) is 0 Å². The van der Waals surface area contributed by atoms with Crippen LogP contribution in [0.2, 0.25) is 0 Å². The number of benzene rings is 1. The van der Waals surface area contributed by atoms with Gasteiger partial charge in [-0.05, 0) is 64.0 Å². The van der Waals surface area contributed by atoms with E-state index in [1.807, 2.05) is 0 Å². The number of rotatable bonds is 7. The molecule has 2 rings (SSSR count). The van der Waals surface area contributed by atoms with E-state index in [0.29, 0.717) is 18.3 Å². The van der Waals surface area contributed by atoms with E-state index in [0.717, 1.165) is 18.6 Å². The molecule has 0 radical (unpaired) electrons. The highest BCUT2D eigenvalue weighted by atomic mass is 16.6. The highest BCUT2D eigenvalue weighted by molar-refractivity contribution is 5.89. The zero-order valence-electron chi connectivity index (χ0n) is 13.7. The molecule has 1 saturated heterocycles. The standard InChI is InChI=1S/C18H24O4/c1-13(5-10-16-18(2,3)22-16)11-12-21-15-8-6-14(7-9-15)17(19)20-4/h6-9,11,16H,5,10,12H2,1-4H3. The van der Waals surface area contributed by atoms with E-state index in [1.54, 1.807) is 24.3 Å². The van der Waals surface area contributed by atoms with Gasteiger partial charge in [-0.1, -0.05) is 5.57 Å². The van der Waals surface area contributed by atoms with Crippen molar-refractivity contribution in [1.29, 1.82) is 0 Å². The third-order valence-electron chi connectivity index (χ3n) is 3.92. The minimum absolute atomic E-state index is 0.0676. The van der Waals surface area contributed by atoms with Crippen LogP contribution in [0.3, 0.4) is 0 Å². The molecule has 0 bridgehead atoms. The molecule has 0 saturated carbocycles. The first kappa shape index (κ1) is 16.6. The summed E-state index contributed by atoms with van der Waals surface area (Å²) in [7, 11) is 1.37. The Morgan fingerprint density at radius 3 is 2.50 bits per heavy atom. The molecule has 1 atom stereocenters. The Morgan fingerprint density at radius 2 is 1.95 bits per heavy atom. The number of hydrogen-bond acceptors (Lipinski definition) is 4. The van der Waals surface area contributed by atoms with Crippen molar-refractivity contribution in [3.8, 4) is 5.75 Å². The second kappa shape index (κ2) is 6.97. The van der Waals surface area contributed by atoms with Gasteiger partial charge in [0.2, 0.25) is 0 Å². The fourth-order valence-electron chi connectivity index (χ4n) is 2.29. The average molecular weight is 304 g/mol. The molecule has 0 N–H and O–H groups in total. The summed E-state index contributed by atoms with van der Waals surface area (Å²) in [4.78, 5) is 11.3. The summed E-state index contributed by atoms with van der Waals surface area (Å²) in [5.41, 5.74) is 1.89. The summed E-state index contributed by atoms with van der Waals surface area (Å²) in [6.45, 7) is 6.88. The predicted octanol–water partition coefficient (Wildman–Crippen LogP) is 3.76. The normalized spacial score (nSPS) is 19.6. The van der Waals surface area contributed by atoms with Crippen LogP contribution in [0.1, 0.15) is 44.0 Å². The lowest BCUT2D eigenvalue weighted by atomic mass is 10.0. The van der Waals surface area contributed by atoms with Gasteiger partial charge in [0.1, 0.15) is 12.4 Å².